The van der Waals surface area contributed by atoms with E-state index in [1.54, 1.807) is 6.07 Å². The molecule has 1 heterocycles. The normalized spacial score (nSPS) is 16.7. The standard InChI is InChI=1S/C12H13N3O2/c13-6-9-2-3-10(14-7-9)11(17)15-12(8-16)4-1-5-12/h2-3,7,16H,1,4-5,8H2,(H,15,17). The van der Waals surface area contributed by atoms with Gasteiger partial charge in [-0.15, -0.1) is 0 Å². The lowest BCUT2D eigenvalue weighted by Crippen LogP contribution is -2.56. The minimum Gasteiger partial charge on any atom is -0.394 e. The molecular weight excluding hydrogens is 218 g/mol. The first-order chi connectivity index (χ1) is 8.19. The van der Waals surface area contributed by atoms with Crippen LogP contribution in [-0.2, 0) is 0 Å². The van der Waals surface area contributed by atoms with E-state index in [0.717, 1.165) is 19.3 Å². The fraction of sp³-hybridized carbons (Fsp3) is 0.417. The van der Waals surface area contributed by atoms with Gasteiger partial charge in [0.1, 0.15) is 11.8 Å². The maximum atomic E-state index is 11.8. The minimum absolute atomic E-state index is 0.0466. The van der Waals surface area contributed by atoms with Crippen LogP contribution in [0.25, 0.3) is 0 Å². The molecule has 1 aromatic heterocycles. The molecule has 2 rings (SSSR count). The number of aliphatic hydroxyl groups is 1. The summed E-state index contributed by atoms with van der Waals surface area (Å²) >= 11 is 0. The van der Waals surface area contributed by atoms with Gasteiger partial charge in [-0.25, -0.2) is 4.98 Å². The summed E-state index contributed by atoms with van der Waals surface area (Å²) in [6, 6.07) is 5.00. The highest BCUT2D eigenvalue weighted by atomic mass is 16.3. The Balaban J connectivity index is 2.07. The van der Waals surface area contributed by atoms with E-state index in [2.05, 4.69) is 10.3 Å². The SMILES string of the molecule is N#Cc1ccc(C(=O)NC2(CO)CCC2)nc1. The molecule has 0 spiro atoms. The Morgan fingerprint density at radius 1 is 1.59 bits per heavy atom. The Morgan fingerprint density at radius 3 is 2.76 bits per heavy atom. The molecule has 17 heavy (non-hydrogen) atoms. The molecule has 1 aliphatic rings. The van der Waals surface area contributed by atoms with Crippen molar-refractivity contribution in [3.05, 3.63) is 29.6 Å². The number of nitriles is 1. The van der Waals surface area contributed by atoms with Crippen LogP contribution in [0, 0.1) is 11.3 Å². The van der Waals surface area contributed by atoms with E-state index in [1.165, 1.54) is 12.3 Å². The van der Waals surface area contributed by atoms with E-state index in [-0.39, 0.29) is 18.2 Å². The first kappa shape index (κ1) is 11.6. The number of rotatable bonds is 3. The molecule has 0 unspecified atom stereocenters. The van der Waals surface area contributed by atoms with Crippen molar-refractivity contribution in [1.82, 2.24) is 10.3 Å². The van der Waals surface area contributed by atoms with Crippen LogP contribution < -0.4 is 5.32 Å². The first-order valence-corrected chi connectivity index (χ1v) is 5.49. The third-order valence-corrected chi connectivity index (χ3v) is 3.12. The number of aliphatic hydroxyl groups excluding tert-OH is 1. The molecule has 1 saturated carbocycles. The molecule has 5 heteroatoms. The topological polar surface area (TPSA) is 86.0 Å². The summed E-state index contributed by atoms with van der Waals surface area (Å²) < 4.78 is 0. The van der Waals surface area contributed by atoms with Gasteiger partial charge in [0.25, 0.3) is 5.91 Å². The van der Waals surface area contributed by atoms with Crippen molar-refractivity contribution in [1.29, 1.82) is 5.26 Å². The number of carbonyl (C=O) groups is 1. The van der Waals surface area contributed by atoms with Crippen molar-refractivity contribution in [2.45, 2.75) is 24.8 Å². The second-order valence-electron chi connectivity index (χ2n) is 4.29. The van der Waals surface area contributed by atoms with Gasteiger partial charge in [-0.1, -0.05) is 0 Å². The molecule has 1 amide bonds. The van der Waals surface area contributed by atoms with Gasteiger partial charge >= 0.3 is 0 Å². The summed E-state index contributed by atoms with van der Waals surface area (Å²) in [5.74, 6) is -0.303. The van der Waals surface area contributed by atoms with Gasteiger partial charge in [-0.05, 0) is 31.4 Å². The van der Waals surface area contributed by atoms with Crippen LogP contribution in [0.15, 0.2) is 18.3 Å². The molecule has 2 N–H and O–H groups in total. The van der Waals surface area contributed by atoms with Crippen LogP contribution in [-0.4, -0.2) is 28.1 Å². The number of pyridine rings is 1. The summed E-state index contributed by atoms with van der Waals surface area (Å²) in [7, 11) is 0. The first-order valence-electron chi connectivity index (χ1n) is 5.49. The highest BCUT2D eigenvalue weighted by Gasteiger charge is 2.38. The molecule has 0 saturated heterocycles. The van der Waals surface area contributed by atoms with Crippen LogP contribution in [0.3, 0.4) is 0 Å². The maximum Gasteiger partial charge on any atom is 0.270 e. The average Bonchev–Trinajstić information content (AvgIpc) is 2.33. The Kier molecular flexibility index (Phi) is 3.07. The minimum atomic E-state index is -0.466. The number of amides is 1. The second kappa shape index (κ2) is 4.52. The van der Waals surface area contributed by atoms with E-state index in [4.69, 9.17) is 5.26 Å². The molecule has 0 aliphatic heterocycles. The molecule has 1 aliphatic carbocycles. The van der Waals surface area contributed by atoms with Gasteiger partial charge in [0.2, 0.25) is 0 Å². The van der Waals surface area contributed by atoms with E-state index in [0.29, 0.717) is 5.56 Å². The lowest BCUT2D eigenvalue weighted by molar-refractivity contribution is 0.0637. The summed E-state index contributed by atoms with van der Waals surface area (Å²) in [4.78, 5) is 15.8. The molecule has 1 fully saturated rings. The maximum absolute atomic E-state index is 11.8. The predicted molar refractivity (Wildman–Crippen MR) is 60.1 cm³/mol. The predicted octanol–water partition coefficient (Wildman–Crippen LogP) is 0.598. The van der Waals surface area contributed by atoms with Crippen LogP contribution in [0.4, 0.5) is 0 Å². The van der Waals surface area contributed by atoms with E-state index in [1.807, 2.05) is 6.07 Å². The Labute approximate surface area is 99.1 Å². The smallest absolute Gasteiger partial charge is 0.270 e. The molecule has 0 atom stereocenters. The second-order valence-corrected chi connectivity index (χ2v) is 4.29. The van der Waals surface area contributed by atoms with Crippen molar-refractivity contribution < 1.29 is 9.90 Å². The van der Waals surface area contributed by atoms with Gasteiger partial charge < -0.3 is 10.4 Å². The Hall–Kier alpha value is -1.93. The van der Waals surface area contributed by atoms with Crippen LogP contribution in [0.5, 0.6) is 0 Å². The number of aromatic nitrogens is 1. The monoisotopic (exact) mass is 231 g/mol. The highest BCUT2D eigenvalue weighted by Crippen LogP contribution is 2.31. The number of hydrogen-bond donors (Lipinski definition) is 2. The summed E-state index contributed by atoms with van der Waals surface area (Å²) in [5.41, 5.74) is 0.220. The molecule has 0 bridgehead atoms. The van der Waals surface area contributed by atoms with Gasteiger partial charge in [0, 0.05) is 6.20 Å². The summed E-state index contributed by atoms with van der Waals surface area (Å²) in [6.07, 6.45) is 3.97. The van der Waals surface area contributed by atoms with Gasteiger partial charge in [-0.3, -0.25) is 4.79 Å². The number of nitrogens with zero attached hydrogens (tertiary/aromatic N) is 2. The number of nitrogens with one attached hydrogen (secondary N) is 1. The van der Waals surface area contributed by atoms with Gasteiger partial charge in [0.05, 0.1) is 17.7 Å². The van der Waals surface area contributed by atoms with Crippen LogP contribution in [0.1, 0.15) is 35.3 Å². The molecule has 5 nitrogen and oxygen atoms in total. The Morgan fingerprint density at radius 2 is 2.35 bits per heavy atom. The summed E-state index contributed by atoms with van der Waals surface area (Å²) in [6.45, 7) is -0.0466. The van der Waals surface area contributed by atoms with Crippen molar-refractivity contribution in [3.63, 3.8) is 0 Å². The van der Waals surface area contributed by atoms with Gasteiger partial charge in [0.15, 0.2) is 0 Å². The zero-order valence-corrected chi connectivity index (χ0v) is 9.31. The highest BCUT2D eigenvalue weighted by molar-refractivity contribution is 5.92. The van der Waals surface area contributed by atoms with E-state index < -0.39 is 5.54 Å². The van der Waals surface area contributed by atoms with E-state index >= 15 is 0 Å². The molecular formula is C12H13N3O2. The molecule has 0 radical (unpaired) electrons. The van der Waals surface area contributed by atoms with Crippen molar-refractivity contribution >= 4 is 5.91 Å². The fourth-order valence-corrected chi connectivity index (χ4v) is 1.83. The van der Waals surface area contributed by atoms with Crippen molar-refractivity contribution in [3.8, 4) is 6.07 Å². The third kappa shape index (κ3) is 2.27. The van der Waals surface area contributed by atoms with Crippen LogP contribution in [0.2, 0.25) is 0 Å². The lowest BCUT2D eigenvalue weighted by Gasteiger charge is -2.40. The third-order valence-electron chi connectivity index (χ3n) is 3.12. The fourth-order valence-electron chi connectivity index (χ4n) is 1.83. The van der Waals surface area contributed by atoms with Crippen molar-refractivity contribution in [2.75, 3.05) is 6.61 Å². The quantitative estimate of drug-likeness (QED) is 0.797. The number of carbonyl (C=O) groups excluding carboxylic acids is 1. The zero-order valence-electron chi connectivity index (χ0n) is 9.31. The Bertz CT molecular complexity index is 452. The average molecular weight is 231 g/mol. The van der Waals surface area contributed by atoms with E-state index in [9.17, 15) is 9.90 Å². The largest absolute Gasteiger partial charge is 0.394 e. The number of hydrogen-bond acceptors (Lipinski definition) is 4. The zero-order chi connectivity index (χ0) is 12.3. The van der Waals surface area contributed by atoms with Crippen molar-refractivity contribution in [2.24, 2.45) is 0 Å². The molecule has 88 valence electrons. The summed E-state index contributed by atoms with van der Waals surface area (Å²) in [5, 5.41) is 20.7. The lowest BCUT2D eigenvalue weighted by atomic mass is 9.77. The molecule has 0 aromatic carbocycles. The van der Waals surface area contributed by atoms with Gasteiger partial charge in [-0.2, -0.15) is 5.26 Å². The molecule has 1 aromatic rings. The van der Waals surface area contributed by atoms with Crippen LogP contribution >= 0.6 is 0 Å².